The van der Waals surface area contributed by atoms with Crippen molar-refractivity contribution in [2.75, 3.05) is 13.2 Å². The summed E-state index contributed by atoms with van der Waals surface area (Å²) in [7, 11) is 0. The standard InChI is InChI=1S/C14H21NO/c1-5-15-12-6-7-16-14-11(4)9(2)8-10(3)13(12)14/h8,12,15H,5-7H2,1-4H3. The topological polar surface area (TPSA) is 21.3 Å². The molecule has 1 atom stereocenters. The first-order chi connectivity index (χ1) is 7.65. The van der Waals surface area contributed by atoms with E-state index in [1.807, 2.05) is 0 Å². The average Bonchev–Trinajstić information content (AvgIpc) is 2.26. The van der Waals surface area contributed by atoms with Crippen molar-refractivity contribution >= 4 is 0 Å². The second-order valence-electron chi connectivity index (χ2n) is 4.63. The van der Waals surface area contributed by atoms with Crippen molar-refractivity contribution in [2.24, 2.45) is 0 Å². The Hall–Kier alpha value is -1.02. The highest BCUT2D eigenvalue weighted by Gasteiger charge is 2.24. The minimum Gasteiger partial charge on any atom is -0.493 e. The molecule has 1 aromatic carbocycles. The number of hydrogen-bond acceptors (Lipinski definition) is 2. The van der Waals surface area contributed by atoms with Crippen LogP contribution in [0.1, 0.15) is 41.6 Å². The van der Waals surface area contributed by atoms with Crippen molar-refractivity contribution in [3.63, 3.8) is 0 Å². The van der Waals surface area contributed by atoms with Gasteiger partial charge in [0.1, 0.15) is 5.75 Å². The molecular weight excluding hydrogens is 198 g/mol. The van der Waals surface area contributed by atoms with E-state index < -0.39 is 0 Å². The monoisotopic (exact) mass is 219 g/mol. The summed E-state index contributed by atoms with van der Waals surface area (Å²) in [5.41, 5.74) is 5.34. The molecule has 2 nitrogen and oxygen atoms in total. The lowest BCUT2D eigenvalue weighted by Gasteiger charge is -2.30. The minimum atomic E-state index is 0.466. The van der Waals surface area contributed by atoms with Crippen molar-refractivity contribution in [2.45, 2.75) is 40.2 Å². The summed E-state index contributed by atoms with van der Waals surface area (Å²) < 4.78 is 5.85. The average molecular weight is 219 g/mol. The molecule has 1 N–H and O–H groups in total. The number of fused-ring (bicyclic) bond motifs is 1. The molecule has 0 spiro atoms. The van der Waals surface area contributed by atoms with Gasteiger partial charge in [-0.3, -0.25) is 0 Å². The third kappa shape index (κ3) is 1.82. The number of hydrogen-bond donors (Lipinski definition) is 1. The van der Waals surface area contributed by atoms with Crippen LogP contribution in [0.25, 0.3) is 0 Å². The van der Waals surface area contributed by atoms with Crippen LogP contribution in [0.2, 0.25) is 0 Å². The first-order valence-electron chi connectivity index (χ1n) is 6.12. The van der Waals surface area contributed by atoms with Gasteiger partial charge < -0.3 is 10.1 Å². The van der Waals surface area contributed by atoms with Gasteiger partial charge in [0.15, 0.2) is 0 Å². The highest BCUT2D eigenvalue weighted by Crippen LogP contribution is 2.38. The van der Waals surface area contributed by atoms with E-state index in [-0.39, 0.29) is 0 Å². The smallest absolute Gasteiger partial charge is 0.127 e. The van der Waals surface area contributed by atoms with Gasteiger partial charge >= 0.3 is 0 Å². The van der Waals surface area contributed by atoms with Crippen molar-refractivity contribution < 1.29 is 4.74 Å². The molecule has 1 aromatic rings. The zero-order valence-corrected chi connectivity index (χ0v) is 10.7. The Kier molecular flexibility index (Phi) is 3.20. The van der Waals surface area contributed by atoms with Gasteiger partial charge in [0.25, 0.3) is 0 Å². The van der Waals surface area contributed by atoms with E-state index in [1.165, 1.54) is 22.3 Å². The van der Waals surface area contributed by atoms with Crippen LogP contribution < -0.4 is 10.1 Å². The largest absolute Gasteiger partial charge is 0.493 e. The molecule has 2 heteroatoms. The minimum absolute atomic E-state index is 0.466. The molecule has 0 bridgehead atoms. The second-order valence-corrected chi connectivity index (χ2v) is 4.63. The predicted molar refractivity (Wildman–Crippen MR) is 67.2 cm³/mol. The van der Waals surface area contributed by atoms with Gasteiger partial charge in [0.2, 0.25) is 0 Å². The number of benzene rings is 1. The van der Waals surface area contributed by atoms with E-state index in [2.05, 4.69) is 39.1 Å². The highest BCUT2D eigenvalue weighted by atomic mass is 16.5. The number of rotatable bonds is 2. The van der Waals surface area contributed by atoms with Gasteiger partial charge in [-0.05, 0) is 44.0 Å². The molecule has 1 aliphatic heterocycles. The summed E-state index contributed by atoms with van der Waals surface area (Å²) in [6, 6.07) is 2.74. The van der Waals surface area contributed by atoms with E-state index >= 15 is 0 Å². The Labute approximate surface area is 98.0 Å². The number of aryl methyl sites for hydroxylation is 2. The fraction of sp³-hybridized carbons (Fsp3) is 0.571. The number of nitrogens with one attached hydrogen (secondary N) is 1. The van der Waals surface area contributed by atoms with Gasteiger partial charge in [-0.1, -0.05) is 13.0 Å². The van der Waals surface area contributed by atoms with Crippen LogP contribution in [-0.4, -0.2) is 13.2 Å². The molecule has 1 heterocycles. The summed E-state index contributed by atoms with van der Waals surface area (Å²) in [5.74, 6) is 1.12. The first-order valence-corrected chi connectivity index (χ1v) is 6.12. The van der Waals surface area contributed by atoms with Gasteiger partial charge in [-0.15, -0.1) is 0 Å². The molecule has 0 aliphatic carbocycles. The van der Waals surface area contributed by atoms with Crippen LogP contribution in [0.15, 0.2) is 6.07 Å². The Morgan fingerprint density at radius 2 is 2.06 bits per heavy atom. The van der Waals surface area contributed by atoms with Gasteiger partial charge in [0.05, 0.1) is 6.61 Å². The van der Waals surface area contributed by atoms with Crippen molar-refractivity contribution in [3.05, 3.63) is 28.3 Å². The van der Waals surface area contributed by atoms with Crippen LogP contribution in [0, 0.1) is 20.8 Å². The molecule has 0 aromatic heterocycles. The summed E-state index contributed by atoms with van der Waals surface area (Å²) in [6.07, 6.45) is 1.07. The Morgan fingerprint density at radius 1 is 1.31 bits per heavy atom. The Bertz CT molecular complexity index is 398. The zero-order valence-electron chi connectivity index (χ0n) is 10.7. The van der Waals surface area contributed by atoms with Gasteiger partial charge in [0, 0.05) is 18.0 Å². The van der Waals surface area contributed by atoms with Gasteiger partial charge in [-0.2, -0.15) is 0 Å². The first kappa shape index (κ1) is 11.5. The van der Waals surface area contributed by atoms with Crippen molar-refractivity contribution in [1.82, 2.24) is 5.32 Å². The van der Waals surface area contributed by atoms with Crippen LogP contribution in [0.5, 0.6) is 5.75 Å². The lowest BCUT2D eigenvalue weighted by Crippen LogP contribution is -2.28. The summed E-state index contributed by atoms with van der Waals surface area (Å²) in [5, 5.41) is 3.55. The van der Waals surface area contributed by atoms with Crippen molar-refractivity contribution in [1.29, 1.82) is 0 Å². The molecule has 1 aliphatic rings. The van der Waals surface area contributed by atoms with Crippen LogP contribution in [0.4, 0.5) is 0 Å². The van der Waals surface area contributed by atoms with E-state index in [0.29, 0.717) is 6.04 Å². The van der Waals surface area contributed by atoms with Gasteiger partial charge in [-0.25, -0.2) is 0 Å². The maximum Gasteiger partial charge on any atom is 0.127 e. The normalized spacial score (nSPS) is 19.1. The summed E-state index contributed by atoms with van der Waals surface area (Å²) in [6.45, 7) is 10.5. The Balaban J connectivity index is 2.51. The third-order valence-electron chi connectivity index (χ3n) is 3.49. The molecule has 0 fully saturated rings. The van der Waals surface area contributed by atoms with Crippen LogP contribution in [0.3, 0.4) is 0 Å². The highest BCUT2D eigenvalue weighted by molar-refractivity contribution is 5.52. The molecule has 0 saturated carbocycles. The molecule has 0 radical (unpaired) electrons. The predicted octanol–water partition coefficient (Wildman–Crippen LogP) is 3.04. The van der Waals surface area contributed by atoms with E-state index in [9.17, 15) is 0 Å². The molecule has 1 unspecified atom stereocenters. The molecule has 88 valence electrons. The maximum atomic E-state index is 5.85. The summed E-state index contributed by atoms with van der Waals surface area (Å²) >= 11 is 0. The third-order valence-corrected chi connectivity index (χ3v) is 3.49. The number of ether oxygens (including phenoxy) is 1. The van der Waals surface area contributed by atoms with Crippen LogP contribution in [-0.2, 0) is 0 Å². The molecular formula is C14H21NO. The Morgan fingerprint density at radius 3 is 2.75 bits per heavy atom. The fourth-order valence-electron chi connectivity index (χ4n) is 2.56. The fourth-order valence-corrected chi connectivity index (χ4v) is 2.56. The lowest BCUT2D eigenvalue weighted by atomic mass is 9.91. The quantitative estimate of drug-likeness (QED) is 0.825. The molecule has 0 amide bonds. The SMILES string of the molecule is CCNC1CCOc2c(C)c(C)cc(C)c21. The molecule has 2 rings (SSSR count). The van der Waals surface area contributed by atoms with E-state index in [4.69, 9.17) is 4.74 Å². The lowest BCUT2D eigenvalue weighted by molar-refractivity contribution is 0.251. The van der Waals surface area contributed by atoms with E-state index in [0.717, 1.165) is 25.3 Å². The van der Waals surface area contributed by atoms with Crippen molar-refractivity contribution in [3.8, 4) is 5.75 Å². The van der Waals surface area contributed by atoms with E-state index in [1.54, 1.807) is 0 Å². The molecule has 0 saturated heterocycles. The molecule has 16 heavy (non-hydrogen) atoms. The maximum absolute atomic E-state index is 5.85. The zero-order chi connectivity index (χ0) is 11.7. The van der Waals surface area contributed by atoms with Crippen LogP contribution >= 0.6 is 0 Å². The summed E-state index contributed by atoms with van der Waals surface area (Å²) in [4.78, 5) is 0. The second kappa shape index (κ2) is 4.46.